The van der Waals surface area contributed by atoms with E-state index in [1.165, 1.54) is 12.1 Å². The molecular weight excluding hydrogens is 362 g/mol. The molecule has 3 aromatic rings. The Kier molecular flexibility index (Phi) is 5.66. The molecule has 5 nitrogen and oxygen atoms in total. The van der Waals surface area contributed by atoms with Crippen LogP contribution in [-0.2, 0) is 16.7 Å². The Bertz CT molecular complexity index is 997. The minimum absolute atomic E-state index is 0.119. The first kappa shape index (κ1) is 18.8. The predicted octanol–water partition coefficient (Wildman–Crippen LogP) is 4.18. The molecule has 1 radical (unpaired) electrons. The van der Waals surface area contributed by atoms with Crippen molar-refractivity contribution in [1.29, 1.82) is 0 Å². The standard InChI is InChI=1S/C21H20NO4S/c1-16-6-12-21(13-7-16)27(23,24)26-20-5-3-4-18(14-20)22-15-17-8-10-19(25-2)11-9-17/h3,5-14,22H,15H2,1-2H3. The zero-order valence-corrected chi connectivity index (χ0v) is 15.9. The SMILES string of the molecule is COc1ccc(CNc2[c]ccc(OS(=O)(=O)c3ccc(C)cc3)c2)cc1. The largest absolute Gasteiger partial charge is 0.497 e. The van der Waals surface area contributed by atoms with Crippen molar-refractivity contribution < 1.29 is 17.3 Å². The molecule has 27 heavy (non-hydrogen) atoms. The molecular formula is C21H20NO4S. The van der Waals surface area contributed by atoms with Gasteiger partial charge in [0.05, 0.1) is 7.11 Å². The van der Waals surface area contributed by atoms with Crippen LogP contribution < -0.4 is 14.2 Å². The Hall–Kier alpha value is -2.99. The first-order valence-electron chi connectivity index (χ1n) is 8.36. The maximum Gasteiger partial charge on any atom is 0.339 e. The average molecular weight is 382 g/mol. The van der Waals surface area contributed by atoms with Gasteiger partial charge in [0.1, 0.15) is 16.4 Å². The fraction of sp³-hybridized carbons (Fsp3) is 0.143. The summed E-state index contributed by atoms with van der Waals surface area (Å²) in [5, 5.41) is 3.20. The summed E-state index contributed by atoms with van der Waals surface area (Å²) >= 11 is 0. The van der Waals surface area contributed by atoms with Crippen molar-refractivity contribution in [1.82, 2.24) is 0 Å². The number of benzene rings is 3. The van der Waals surface area contributed by atoms with Crippen molar-refractivity contribution in [2.75, 3.05) is 12.4 Å². The van der Waals surface area contributed by atoms with E-state index < -0.39 is 10.1 Å². The summed E-state index contributed by atoms with van der Waals surface area (Å²) in [6.45, 7) is 2.46. The maximum absolute atomic E-state index is 12.4. The Morgan fingerprint density at radius 1 is 0.963 bits per heavy atom. The summed E-state index contributed by atoms with van der Waals surface area (Å²) in [7, 11) is -2.25. The number of hydrogen-bond donors (Lipinski definition) is 1. The lowest BCUT2D eigenvalue weighted by molar-refractivity contribution is 0.414. The third-order valence-corrected chi connectivity index (χ3v) is 5.19. The van der Waals surface area contributed by atoms with Crippen LogP contribution in [-0.4, -0.2) is 15.5 Å². The summed E-state index contributed by atoms with van der Waals surface area (Å²) < 4.78 is 35.2. The van der Waals surface area contributed by atoms with Gasteiger partial charge in [-0.3, -0.25) is 0 Å². The van der Waals surface area contributed by atoms with Gasteiger partial charge < -0.3 is 14.2 Å². The number of aryl methyl sites for hydroxylation is 1. The van der Waals surface area contributed by atoms with Crippen molar-refractivity contribution in [3.05, 3.63) is 83.9 Å². The highest BCUT2D eigenvalue weighted by molar-refractivity contribution is 7.87. The van der Waals surface area contributed by atoms with Crippen molar-refractivity contribution >= 4 is 15.8 Å². The number of ether oxygens (including phenoxy) is 1. The van der Waals surface area contributed by atoms with E-state index in [0.29, 0.717) is 12.2 Å². The molecule has 3 rings (SSSR count). The predicted molar refractivity (Wildman–Crippen MR) is 105 cm³/mol. The molecule has 3 aromatic carbocycles. The Labute approximate surface area is 159 Å². The summed E-state index contributed by atoms with van der Waals surface area (Å²) in [5.74, 6) is 1.02. The van der Waals surface area contributed by atoms with Gasteiger partial charge in [0.2, 0.25) is 0 Å². The van der Waals surface area contributed by atoms with Crippen LogP contribution in [0.1, 0.15) is 11.1 Å². The van der Waals surface area contributed by atoms with E-state index in [9.17, 15) is 8.42 Å². The molecule has 0 heterocycles. The smallest absolute Gasteiger partial charge is 0.339 e. The Morgan fingerprint density at radius 2 is 1.67 bits per heavy atom. The number of rotatable bonds is 7. The van der Waals surface area contributed by atoms with Gasteiger partial charge in [-0.05, 0) is 48.9 Å². The van der Waals surface area contributed by atoms with E-state index in [1.807, 2.05) is 31.2 Å². The number of anilines is 1. The summed E-state index contributed by atoms with van der Waals surface area (Å²) in [5.41, 5.74) is 2.68. The van der Waals surface area contributed by atoms with E-state index in [0.717, 1.165) is 16.9 Å². The quantitative estimate of drug-likeness (QED) is 0.621. The van der Waals surface area contributed by atoms with Gasteiger partial charge in [-0.15, -0.1) is 0 Å². The molecule has 0 aliphatic heterocycles. The molecule has 0 saturated heterocycles. The van der Waals surface area contributed by atoms with Gasteiger partial charge in [0.15, 0.2) is 0 Å². The number of methoxy groups -OCH3 is 1. The summed E-state index contributed by atoms with van der Waals surface area (Å²) in [4.78, 5) is 0.119. The fourth-order valence-electron chi connectivity index (χ4n) is 2.42. The van der Waals surface area contributed by atoms with Crippen LogP contribution in [0.15, 0.2) is 71.6 Å². The lowest BCUT2D eigenvalue weighted by Gasteiger charge is -2.10. The van der Waals surface area contributed by atoms with Crippen molar-refractivity contribution in [2.45, 2.75) is 18.4 Å². The maximum atomic E-state index is 12.4. The molecule has 0 saturated carbocycles. The third-order valence-electron chi connectivity index (χ3n) is 3.93. The first-order chi connectivity index (χ1) is 13.0. The van der Waals surface area contributed by atoms with E-state index in [1.54, 1.807) is 37.4 Å². The molecule has 6 heteroatoms. The van der Waals surface area contributed by atoms with Crippen LogP contribution in [0.4, 0.5) is 5.69 Å². The molecule has 139 valence electrons. The second-order valence-corrected chi connectivity index (χ2v) is 7.54. The van der Waals surface area contributed by atoms with E-state index in [-0.39, 0.29) is 10.6 Å². The average Bonchev–Trinajstić information content (AvgIpc) is 2.67. The number of hydrogen-bond acceptors (Lipinski definition) is 5. The van der Waals surface area contributed by atoms with Crippen LogP contribution >= 0.6 is 0 Å². The van der Waals surface area contributed by atoms with Gasteiger partial charge >= 0.3 is 10.1 Å². The van der Waals surface area contributed by atoms with Crippen molar-refractivity contribution in [3.63, 3.8) is 0 Å². The normalized spacial score (nSPS) is 11.0. The highest BCUT2D eigenvalue weighted by Crippen LogP contribution is 2.22. The Morgan fingerprint density at radius 3 is 2.33 bits per heavy atom. The van der Waals surface area contributed by atoms with Crippen LogP contribution in [0.3, 0.4) is 0 Å². The summed E-state index contributed by atoms with van der Waals surface area (Å²) in [6, 6.07) is 22.0. The molecule has 0 aromatic heterocycles. The minimum atomic E-state index is -3.88. The molecule has 0 aliphatic carbocycles. The van der Waals surface area contributed by atoms with Gasteiger partial charge in [-0.25, -0.2) is 0 Å². The highest BCUT2D eigenvalue weighted by atomic mass is 32.2. The molecule has 0 bridgehead atoms. The van der Waals surface area contributed by atoms with E-state index >= 15 is 0 Å². The lowest BCUT2D eigenvalue weighted by Crippen LogP contribution is -2.10. The van der Waals surface area contributed by atoms with E-state index in [4.69, 9.17) is 8.92 Å². The minimum Gasteiger partial charge on any atom is -0.497 e. The van der Waals surface area contributed by atoms with Gasteiger partial charge in [-0.1, -0.05) is 29.8 Å². The van der Waals surface area contributed by atoms with Crippen LogP contribution in [0, 0.1) is 13.0 Å². The number of nitrogens with one attached hydrogen (secondary N) is 1. The molecule has 0 fully saturated rings. The third kappa shape index (κ3) is 5.01. The Balaban J connectivity index is 1.68. The molecule has 0 unspecified atom stereocenters. The molecule has 1 N–H and O–H groups in total. The van der Waals surface area contributed by atoms with Crippen LogP contribution in [0.5, 0.6) is 11.5 Å². The monoisotopic (exact) mass is 382 g/mol. The second-order valence-electron chi connectivity index (χ2n) is 5.99. The van der Waals surface area contributed by atoms with Crippen LogP contribution in [0.2, 0.25) is 0 Å². The van der Waals surface area contributed by atoms with Crippen molar-refractivity contribution in [2.24, 2.45) is 0 Å². The van der Waals surface area contributed by atoms with E-state index in [2.05, 4.69) is 11.4 Å². The topological polar surface area (TPSA) is 64.6 Å². The highest BCUT2D eigenvalue weighted by Gasteiger charge is 2.16. The van der Waals surface area contributed by atoms with Crippen molar-refractivity contribution in [3.8, 4) is 11.5 Å². The van der Waals surface area contributed by atoms with Gasteiger partial charge in [-0.2, -0.15) is 8.42 Å². The lowest BCUT2D eigenvalue weighted by atomic mass is 10.2. The van der Waals surface area contributed by atoms with Gasteiger partial charge in [0, 0.05) is 24.4 Å². The molecule has 0 spiro atoms. The zero-order valence-electron chi connectivity index (χ0n) is 15.1. The molecule has 0 amide bonds. The second kappa shape index (κ2) is 8.14. The fourth-order valence-corrected chi connectivity index (χ4v) is 3.34. The van der Waals surface area contributed by atoms with Crippen LogP contribution in [0.25, 0.3) is 0 Å². The van der Waals surface area contributed by atoms with Gasteiger partial charge in [0.25, 0.3) is 0 Å². The molecule has 0 aliphatic rings. The molecule has 0 atom stereocenters. The summed E-state index contributed by atoms with van der Waals surface area (Å²) in [6.07, 6.45) is 0. The zero-order chi connectivity index (χ0) is 19.3. The first-order valence-corrected chi connectivity index (χ1v) is 9.77.